The zero-order valence-electron chi connectivity index (χ0n) is 17.3. The Kier molecular flexibility index (Phi) is 9.96. The number of unbranched alkanes of at least 4 members (excludes halogenated alkanes) is 1. The number of H-pyrrole nitrogens is 1. The van der Waals surface area contributed by atoms with Crippen molar-refractivity contribution < 1.29 is 0 Å². The summed E-state index contributed by atoms with van der Waals surface area (Å²) in [7, 11) is 0. The molecule has 1 aromatic carbocycles. The van der Waals surface area contributed by atoms with Gasteiger partial charge in [-0.1, -0.05) is 38.5 Å². The number of nitrogens with zero attached hydrogens (tertiary/aromatic N) is 4. The Bertz CT molecular complexity index is 884. The van der Waals surface area contributed by atoms with Crippen molar-refractivity contribution in [2.45, 2.75) is 46.1 Å². The van der Waals surface area contributed by atoms with Crippen LogP contribution >= 0.6 is 24.0 Å². The van der Waals surface area contributed by atoms with E-state index in [2.05, 4.69) is 74.7 Å². The van der Waals surface area contributed by atoms with E-state index in [-0.39, 0.29) is 24.0 Å². The number of nitrogens with one attached hydrogen (secondary N) is 3. The van der Waals surface area contributed by atoms with E-state index in [1.165, 1.54) is 16.5 Å². The fourth-order valence-corrected chi connectivity index (χ4v) is 3.21. The zero-order valence-corrected chi connectivity index (χ0v) is 19.6. The number of guanidine groups is 1. The second kappa shape index (κ2) is 12.5. The first-order valence-electron chi connectivity index (χ1n) is 10.3. The first kappa shape index (κ1) is 23.2. The van der Waals surface area contributed by atoms with Crippen LogP contribution in [0.5, 0.6) is 0 Å². The smallest absolute Gasteiger partial charge is 0.191 e. The summed E-state index contributed by atoms with van der Waals surface area (Å²) in [5.74, 6) is 1.89. The Morgan fingerprint density at radius 2 is 2.00 bits per heavy atom. The second-order valence-electron chi connectivity index (χ2n) is 6.84. The van der Waals surface area contributed by atoms with Gasteiger partial charge in [0.25, 0.3) is 0 Å². The largest absolute Gasteiger partial charge is 0.361 e. The number of halogens is 1. The van der Waals surface area contributed by atoms with Crippen LogP contribution in [0.2, 0.25) is 0 Å². The molecule has 0 amide bonds. The average Bonchev–Trinajstić information content (AvgIpc) is 3.34. The lowest BCUT2D eigenvalue weighted by atomic mass is 10.1. The topological polar surface area (TPSA) is 82.9 Å². The van der Waals surface area contributed by atoms with Crippen molar-refractivity contribution in [1.29, 1.82) is 0 Å². The van der Waals surface area contributed by atoms with Gasteiger partial charge in [0.15, 0.2) is 5.96 Å². The fraction of sp³-hybridized carbons (Fsp3) is 0.476. The van der Waals surface area contributed by atoms with Crippen molar-refractivity contribution in [1.82, 2.24) is 30.4 Å². The van der Waals surface area contributed by atoms with E-state index in [4.69, 9.17) is 4.99 Å². The first-order valence-corrected chi connectivity index (χ1v) is 10.3. The zero-order chi connectivity index (χ0) is 19.6. The molecule has 0 fully saturated rings. The highest BCUT2D eigenvalue weighted by Gasteiger charge is 2.05. The number of aliphatic imine (C=N–C) groups is 1. The molecule has 0 unspecified atom stereocenters. The van der Waals surface area contributed by atoms with E-state index in [0.717, 1.165) is 63.6 Å². The van der Waals surface area contributed by atoms with Gasteiger partial charge in [-0.2, -0.15) is 0 Å². The molecule has 3 aromatic rings. The van der Waals surface area contributed by atoms with Gasteiger partial charge in [-0.25, -0.2) is 0 Å². The molecule has 3 N–H and O–H groups in total. The van der Waals surface area contributed by atoms with Gasteiger partial charge in [-0.15, -0.1) is 34.2 Å². The van der Waals surface area contributed by atoms with Gasteiger partial charge < -0.3 is 20.2 Å². The highest BCUT2D eigenvalue weighted by molar-refractivity contribution is 14.0. The van der Waals surface area contributed by atoms with E-state index < -0.39 is 0 Å². The van der Waals surface area contributed by atoms with Crippen LogP contribution in [0.25, 0.3) is 10.9 Å². The van der Waals surface area contributed by atoms with Gasteiger partial charge in [0.05, 0.1) is 0 Å². The van der Waals surface area contributed by atoms with E-state index in [1.54, 1.807) is 6.33 Å². The standard InChI is InChI=1S/C21H31N7.HI/c1-3-5-11-22-21(24-13-14-28-16-26-27-20(28)4-2)23-12-10-17-15-25-19-9-7-6-8-18(17)19;/h6-9,15-16,25H,3-5,10-14H2,1-2H3,(H2,22,23,24);1H. The van der Waals surface area contributed by atoms with Crippen molar-refractivity contribution >= 4 is 40.8 Å². The lowest BCUT2D eigenvalue weighted by Crippen LogP contribution is -2.40. The highest BCUT2D eigenvalue weighted by Crippen LogP contribution is 2.17. The highest BCUT2D eigenvalue weighted by atomic mass is 127. The monoisotopic (exact) mass is 509 g/mol. The normalized spacial score (nSPS) is 11.4. The molecule has 0 atom stereocenters. The number of hydrogen-bond acceptors (Lipinski definition) is 3. The number of para-hydroxylation sites is 1. The van der Waals surface area contributed by atoms with Crippen molar-refractivity contribution in [2.24, 2.45) is 4.99 Å². The molecule has 29 heavy (non-hydrogen) atoms. The molecule has 0 spiro atoms. The van der Waals surface area contributed by atoms with E-state index in [9.17, 15) is 0 Å². The molecule has 0 radical (unpaired) electrons. The van der Waals surface area contributed by atoms with E-state index >= 15 is 0 Å². The third-order valence-electron chi connectivity index (χ3n) is 4.80. The molecule has 0 saturated carbocycles. The number of rotatable bonds is 10. The van der Waals surface area contributed by atoms with Crippen LogP contribution in [-0.2, 0) is 19.4 Å². The summed E-state index contributed by atoms with van der Waals surface area (Å²) in [6.07, 6.45) is 7.97. The maximum Gasteiger partial charge on any atom is 0.191 e. The van der Waals surface area contributed by atoms with Crippen molar-refractivity contribution in [3.05, 3.63) is 48.2 Å². The number of fused-ring (bicyclic) bond motifs is 1. The minimum Gasteiger partial charge on any atom is -0.361 e. The van der Waals surface area contributed by atoms with Gasteiger partial charge in [-0.05, 0) is 24.5 Å². The van der Waals surface area contributed by atoms with Gasteiger partial charge in [-0.3, -0.25) is 4.99 Å². The van der Waals surface area contributed by atoms with Crippen LogP contribution < -0.4 is 10.6 Å². The lowest BCUT2D eigenvalue weighted by molar-refractivity contribution is 0.630. The Morgan fingerprint density at radius 3 is 2.83 bits per heavy atom. The number of benzene rings is 1. The molecule has 8 heteroatoms. The molecule has 0 aliphatic rings. The van der Waals surface area contributed by atoms with Gasteiger partial charge >= 0.3 is 0 Å². The quantitative estimate of drug-likeness (QED) is 0.169. The molecule has 158 valence electrons. The molecule has 7 nitrogen and oxygen atoms in total. The maximum atomic E-state index is 4.70. The minimum absolute atomic E-state index is 0. The molecule has 2 aromatic heterocycles. The van der Waals surface area contributed by atoms with E-state index in [1.807, 2.05) is 0 Å². The van der Waals surface area contributed by atoms with Gasteiger partial charge in [0, 0.05) is 49.7 Å². The lowest BCUT2D eigenvalue weighted by Gasteiger charge is -2.13. The Labute approximate surface area is 189 Å². The molecule has 2 heterocycles. The van der Waals surface area contributed by atoms with Crippen LogP contribution in [0.4, 0.5) is 0 Å². The number of aryl methyl sites for hydroxylation is 1. The minimum atomic E-state index is 0. The Morgan fingerprint density at radius 1 is 1.17 bits per heavy atom. The molecule has 0 saturated heterocycles. The number of hydrogen-bond donors (Lipinski definition) is 3. The Hall–Kier alpha value is -2.10. The molecule has 3 rings (SSSR count). The van der Waals surface area contributed by atoms with Crippen LogP contribution in [0, 0.1) is 0 Å². The summed E-state index contributed by atoms with van der Waals surface area (Å²) < 4.78 is 2.09. The first-order chi connectivity index (χ1) is 13.8. The fourth-order valence-electron chi connectivity index (χ4n) is 3.21. The summed E-state index contributed by atoms with van der Waals surface area (Å²) in [5, 5.41) is 16.3. The van der Waals surface area contributed by atoms with Crippen molar-refractivity contribution in [2.75, 3.05) is 19.6 Å². The van der Waals surface area contributed by atoms with Crippen molar-refractivity contribution in [3.63, 3.8) is 0 Å². The summed E-state index contributed by atoms with van der Waals surface area (Å²) in [6.45, 7) is 7.57. The Balaban J connectivity index is 0.00000300. The summed E-state index contributed by atoms with van der Waals surface area (Å²) in [4.78, 5) is 8.04. The van der Waals surface area contributed by atoms with E-state index in [0.29, 0.717) is 0 Å². The van der Waals surface area contributed by atoms with Crippen molar-refractivity contribution in [3.8, 4) is 0 Å². The summed E-state index contributed by atoms with van der Waals surface area (Å²) in [5.41, 5.74) is 2.52. The average molecular weight is 509 g/mol. The molecule has 0 aliphatic carbocycles. The van der Waals surface area contributed by atoms with Gasteiger partial charge in [0.1, 0.15) is 12.2 Å². The van der Waals surface area contributed by atoms with Gasteiger partial charge in [0.2, 0.25) is 0 Å². The second-order valence-corrected chi connectivity index (χ2v) is 6.84. The molecular formula is C21H32IN7. The number of aromatic nitrogens is 4. The molecule has 0 bridgehead atoms. The predicted molar refractivity (Wildman–Crippen MR) is 130 cm³/mol. The number of aromatic amines is 1. The SMILES string of the molecule is CCCCN=C(NCCc1c[nH]c2ccccc12)NCCn1cnnc1CC.I. The maximum absolute atomic E-state index is 4.70. The van der Waals surface area contributed by atoms with Crippen LogP contribution in [0.15, 0.2) is 41.8 Å². The summed E-state index contributed by atoms with van der Waals surface area (Å²) in [6, 6.07) is 8.42. The van der Waals surface area contributed by atoms with Crippen LogP contribution in [0.1, 0.15) is 38.1 Å². The third kappa shape index (κ3) is 6.73. The third-order valence-corrected chi connectivity index (χ3v) is 4.80. The molecular weight excluding hydrogens is 477 g/mol. The predicted octanol–water partition coefficient (Wildman–Crippen LogP) is 3.52. The summed E-state index contributed by atoms with van der Waals surface area (Å²) >= 11 is 0. The van der Waals surface area contributed by atoms with Crippen LogP contribution in [0.3, 0.4) is 0 Å². The van der Waals surface area contributed by atoms with Crippen LogP contribution in [-0.4, -0.2) is 45.3 Å². The molecule has 0 aliphatic heterocycles.